The van der Waals surface area contributed by atoms with Crippen molar-refractivity contribution in [1.29, 1.82) is 0 Å². The summed E-state index contributed by atoms with van der Waals surface area (Å²) in [4.78, 5) is 15.1. The van der Waals surface area contributed by atoms with Gasteiger partial charge in [0.05, 0.1) is 0 Å². The first-order valence-electron chi connectivity index (χ1n) is 5.06. The van der Waals surface area contributed by atoms with Crippen molar-refractivity contribution in [2.24, 2.45) is 0 Å². The number of carbonyl (C=O) groups is 1. The Morgan fingerprint density at radius 2 is 2.31 bits per heavy atom. The van der Waals surface area contributed by atoms with Crippen LogP contribution in [0.15, 0.2) is 22.9 Å². The molecule has 0 fully saturated rings. The van der Waals surface area contributed by atoms with Crippen LogP contribution in [0, 0.1) is 0 Å². The van der Waals surface area contributed by atoms with Gasteiger partial charge in [-0.3, -0.25) is 15.1 Å². The average Bonchev–Trinajstić information content (AvgIpc) is 2.26. The molecule has 0 aliphatic carbocycles. The van der Waals surface area contributed by atoms with Crippen LogP contribution in [0.1, 0.15) is 25.8 Å². The number of carboxylic acid groups (broad SMARTS) is 1. The van der Waals surface area contributed by atoms with Crippen LogP contribution in [0.25, 0.3) is 0 Å². The van der Waals surface area contributed by atoms with E-state index in [4.69, 9.17) is 5.11 Å². The predicted molar refractivity (Wildman–Crippen MR) is 65.1 cm³/mol. The molecule has 0 bridgehead atoms. The summed E-state index contributed by atoms with van der Waals surface area (Å²) in [6.07, 6.45) is 3.94. The third-order valence-corrected chi connectivity index (χ3v) is 3.06. The molecule has 0 saturated carbocycles. The molecule has 0 amide bonds. The minimum absolute atomic E-state index is 0.489. The minimum Gasteiger partial charge on any atom is -0.480 e. The van der Waals surface area contributed by atoms with Gasteiger partial charge >= 0.3 is 5.97 Å². The highest BCUT2D eigenvalue weighted by Gasteiger charge is 2.29. The van der Waals surface area contributed by atoms with Crippen LogP contribution in [0.3, 0.4) is 0 Å². The molecule has 1 heterocycles. The molecule has 1 rings (SSSR count). The largest absolute Gasteiger partial charge is 0.480 e. The first-order valence-corrected chi connectivity index (χ1v) is 5.85. The SMILES string of the molecule is CCC(C)(NCc1cncc(Br)c1)C(=O)O. The standard InChI is InChI=1S/C11H15BrN2O2/c1-3-11(2,10(15)16)14-6-8-4-9(12)7-13-5-8/h4-5,7,14H,3,6H2,1-2H3,(H,15,16). The van der Waals surface area contributed by atoms with Crippen molar-refractivity contribution in [3.63, 3.8) is 0 Å². The number of halogens is 1. The van der Waals surface area contributed by atoms with Crippen LogP contribution in [0.5, 0.6) is 0 Å². The van der Waals surface area contributed by atoms with Gasteiger partial charge in [0.1, 0.15) is 5.54 Å². The molecule has 0 aliphatic rings. The molecule has 1 aromatic rings. The summed E-state index contributed by atoms with van der Waals surface area (Å²) in [5, 5.41) is 12.1. The Labute approximate surface area is 103 Å². The number of aliphatic carboxylic acids is 1. The molecule has 0 radical (unpaired) electrons. The number of rotatable bonds is 5. The molecule has 2 N–H and O–H groups in total. The van der Waals surface area contributed by atoms with Crippen molar-refractivity contribution in [1.82, 2.24) is 10.3 Å². The fourth-order valence-electron chi connectivity index (χ4n) is 1.20. The smallest absolute Gasteiger partial charge is 0.323 e. The van der Waals surface area contributed by atoms with Crippen LogP contribution in [-0.4, -0.2) is 21.6 Å². The first-order chi connectivity index (χ1) is 7.48. The van der Waals surface area contributed by atoms with E-state index < -0.39 is 11.5 Å². The number of hydrogen-bond donors (Lipinski definition) is 2. The summed E-state index contributed by atoms with van der Waals surface area (Å²) in [5.74, 6) is -0.835. The summed E-state index contributed by atoms with van der Waals surface area (Å²) in [6.45, 7) is 4.02. The molecule has 0 saturated heterocycles. The van der Waals surface area contributed by atoms with E-state index in [9.17, 15) is 4.79 Å². The van der Waals surface area contributed by atoms with E-state index in [2.05, 4.69) is 26.2 Å². The lowest BCUT2D eigenvalue weighted by atomic mass is 9.99. The van der Waals surface area contributed by atoms with Crippen molar-refractivity contribution >= 4 is 21.9 Å². The Hall–Kier alpha value is -0.940. The second-order valence-corrected chi connectivity index (χ2v) is 4.77. The summed E-state index contributed by atoms with van der Waals surface area (Å²) in [5.41, 5.74) is 0.0674. The number of nitrogens with zero attached hydrogens (tertiary/aromatic N) is 1. The predicted octanol–water partition coefficient (Wildman–Crippen LogP) is 2.19. The van der Waals surface area contributed by atoms with Gasteiger partial charge in [-0.25, -0.2) is 0 Å². The molecule has 1 aromatic heterocycles. The van der Waals surface area contributed by atoms with Crippen LogP contribution < -0.4 is 5.32 Å². The molecule has 1 unspecified atom stereocenters. The van der Waals surface area contributed by atoms with Gasteiger partial charge in [0, 0.05) is 23.4 Å². The topological polar surface area (TPSA) is 62.2 Å². The van der Waals surface area contributed by atoms with Gasteiger partial charge in [0.25, 0.3) is 0 Å². The van der Waals surface area contributed by atoms with E-state index in [0.29, 0.717) is 13.0 Å². The van der Waals surface area contributed by atoms with E-state index in [0.717, 1.165) is 10.0 Å². The van der Waals surface area contributed by atoms with Gasteiger partial charge in [-0.05, 0) is 40.9 Å². The number of nitrogens with one attached hydrogen (secondary N) is 1. The first kappa shape index (κ1) is 13.1. The number of pyridine rings is 1. The Morgan fingerprint density at radius 3 is 2.81 bits per heavy atom. The van der Waals surface area contributed by atoms with Crippen molar-refractivity contribution in [3.05, 3.63) is 28.5 Å². The second-order valence-electron chi connectivity index (χ2n) is 3.86. The zero-order valence-electron chi connectivity index (χ0n) is 9.33. The van der Waals surface area contributed by atoms with E-state index in [1.807, 2.05) is 13.0 Å². The molecular formula is C11H15BrN2O2. The van der Waals surface area contributed by atoms with E-state index in [-0.39, 0.29) is 0 Å². The summed E-state index contributed by atoms with van der Waals surface area (Å²) in [7, 11) is 0. The van der Waals surface area contributed by atoms with Crippen molar-refractivity contribution < 1.29 is 9.90 Å². The van der Waals surface area contributed by atoms with E-state index in [1.165, 1.54) is 0 Å². The fraction of sp³-hybridized carbons (Fsp3) is 0.455. The summed E-state index contributed by atoms with van der Waals surface area (Å²) >= 11 is 3.32. The lowest BCUT2D eigenvalue weighted by molar-refractivity contribution is -0.144. The van der Waals surface area contributed by atoms with E-state index >= 15 is 0 Å². The highest BCUT2D eigenvalue weighted by Crippen LogP contribution is 2.13. The Bertz CT molecular complexity index is 384. The molecule has 1 atom stereocenters. The molecular weight excluding hydrogens is 272 g/mol. The van der Waals surface area contributed by atoms with Gasteiger partial charge < -0.3 is 5.11 Å². The maximum absolute atomic E-state index is 11.1. The number of hydrogen-bond acceptors (Lipinski definition) is 3. The average molecular weight is 287 g/mol. The lowest BCUT2D eigenvalue weighted by Crippen LogP contribution is -2.48. The van der Waals surface area contributed by atoms with Gasteiger partial charge in [-0.2, -0.15) is 0 Å². The minimum atomic E-state index is -0.887. The van der Waals surface area contributed by atoms with Crippen molar-refractivity contribution in [2.75, 3.05) is 0 Å². The Balaban J connectivity index is 2.66. The van der Waals surface area contributed by atoms with Crippen LogP contribution >= 0.6 is 15.9 Å². The maximum Gasteiger partial charge on any atom is 0.323 e. The third kappa shape index (κ3) is 3.28. The van der Waals surface area contributed by atoms with Gasteiger partial charge in [0.15, 0.2) is 0 Å². The monoisotopic (exact) mass is 286 g/mol. The highest BCUT2D eigenvalue weighted by molar-refractivity contribution is 9.10. The third-order valence-electron chi connectivity index (χ3n) is 2.62. The number of carboxylic acids is 1. The fourth-order valence-corrected chi connectivity index (χ4v) is 1.61. The number of aromatic nitrogens is 1. The van der Waals surface area contributed by atoms with Crippen LogP contribution in [0.4, 0.5) is 0 Å². The molecule has 4 nitrogen and oxygen atoms in total. The maximum atomic E-state index is 11.1. The normalized spacial score (nSPS) is 14.4. The van der Waals surface area contributed by atoms with Gasteiger partial charge in [0.2, 0.25) is 0 Å². The summed E-state index contributed by atoms with van der Waals surface area (Å²) < 4.78 is 0.889. The zero-order valence-corrected chi connectivity index (χ0v) is 10.9. The lowest BCUT2D eigenvalue weighted by Gasteiger charge is -2.24. The Kier molecular flexibility index (Phi) is 4.44. The van der Waals surface area contributed by atoms with E-state index in [1.54, 1.807) is 19.3 Å². The molecule has 0 spiro atoms. The molecule has 88 valence electrons. The van der Waals surface area contributed by atoms with Gasteiger partial charge in [-0.1, -0.05) is 6.92 Å². The van der Waals surface area contributed by atoms with Crippen LogP contribution in [-0.2, 0) is 11.3 Å². The molecule has 5 heteroatoms. The van der Waals surface area contributed by atoms with Crippen molar-refractivity contribution in [3.8, 4) is 0 Å². The summed E-state index contributed by atoms with van der Waals surface area (Å²) in [6, 6.07) is 1.91. The zero-order chi connectivity index (χ0) is 12.2. The quantitative estimate of drug-likeness (QED) is 0.871. The Morgan fingerprint density at radius 1 is 1.62 bits per heavy atom. The second kappa shape index (κ2) is 5.41. The van der Waals surface area contributed by atoms with Gasteiger partial charge in [-0.15, -0.1) is 0 Å². The molecule has 16 heavy (non-hydrogen) atoms. The van der Waals surface area contributed by atoms with Crippen LogP contribution in [0.2, 0.25) is 0 Å². The molecule has 0 aliphatic heterocycles. The highest BCUT2D eigenvalue weighted by atomic mass is 79.9. The van der Waals surface area contributed by atoms with Crippen molar-refractivity contribution in [2.45, 2.75) is 32.4 Å². The molecule has 0 aromatic carbocycles.